The molecule has 0 radical (unpaired) electrons. The fraction of sp³-hybridized carbons (Fsp3) is 0.638. The van der Waals surface area contributed by atoms with Gasteiger partial charge in [-0.25, -0.2) is 4.79 Å². The van der Waals surface area contributed by atoms with Crippen LogP contribution in [0.1, 0.15) is 60.3 Å². The number of amides is 9. The number of imide groups is 1. The molecule has 2 saturated heterocycles. The summed E-state index contributed by atoms with van der Waals surface area (Å²) in [7, 11) is 1.46. The van der Waals surface area contributed by atoms with Gasteiger partial charge in [0.2, 0.25) is 47.0 Å². The summed E-state index contributed by atoms with van der Waals surface area (Å²) in [5.74, 6) is -6.82. The first-order chi connectivity index (χ1) is 35.1. The number of methoxy groups -OCH3 is 1. The summed E-state index contributed by atoms with van der Waals surface area (Å²) in [5, 5.41) is 19.3. The van der Waals surface area contributed by atoms with E-state index in [1.165, 1.54) is 27.9 Å². The fourth-order valence-electron chi connectivity index (χ4n) is 9.21. The quantitative estimate of drug-likeness (QED) is 0.0133. The van der Waals surface area contributed by atoms with E-state index in [9.17, 15) is 52.7 Å². The van der Waals surface area contributed by atoms with E-state index in [2.05, 4.69) is 37.2 Å². The van der Waals surface area contributed by atoms with E-state index < -0.39 is 101 Å². The number of ether oxygens (including phenoxy) is 5. The number of ketones is 2. The molecule has 0 bridgehead atoms. The van der Waals surface area contributed by atoms with Crippen LogP contribution in [-0.2, 0) is 71.6 Å². The largest absolute Gasteiger partial charge is 0.449 e. The molecule has 5 aliphatic rings. The molecule has 1 aliphatic carbocycles. The summed E-state index contributed by atoms with van der Waals surface area (Å²) in [5.41, 5.74) is 9.98. The van der Waals surface area contributed by atoms with Crippen LogP contribution in [0.2, 0.25) is 0 Å². The van der Waals surface area contributed by atoms with Gasteiger partial charge in [-0.15, -0.1) is 0 Å². The molecule has 0 saturated carbocycles. The van der Waals surface area contributed by atoms with Crippen LogP contribution in [0.3, 0.4) is 0 Å². The first kappa shape index (κ1) is 58.1. The Morgan fingerprint density at radius 3 is 2.03 bits per heavy atom. The molecular formula is C47H69N11O16. The number of Topliss-reactive ketones (excluding diaryl/α,β-unsaturated/α-hetero) is 2. The average molecular weight is 1040 g/mol. The van der Waals surface area contributed by atoms with E-state index in [1.807, 2.05) is 13.8 Å². The fourth-order valence-corrected chi connectivity index (χ4v) is 9.21. The van der Waals surface area contributed by atoms with Gasteiger partial charge in [0.05, 0.1) is 69.4 Å². The maximum atomic E-state index is 14.4. The van der Waals surface area contributed by atoms with Crippen molar-refractivity contribution < 1.29 is 76.4 Å². The van der Waals surface area contributed by atoms with Crippen molar-refractivity contribution in [3.63, 3.8) is 0 Å². The lowest BCUT2D eigenvalue weighted by molar-refractivity contribution is -0.137. The van der Waals surface area contributed by atoms with Gasteiger partial charge in [0.15, 0.2) is 5.72 Å². The zero-order chi connectivity index (χ0) is 54.4. The second kappa shape index (κ2) is 26.4. The number of carbonyl (C=O) groups is 11. The van der Waals surface area contributed by atoms with E-state index in [-0.39, 0.29) is 125 Å². The summed E-state index contributed by atoms with van der Waals surface area (Å²) in [6.07, 6.45) is 0.874. The minimum Gasteiger partial charge on any atom is -0.449 e. The highest BCUT2D eigenvalue weighted by atomic mass is 16.6. The van der Waals surface area contributed by atoms with Crippen molar-refractivity contribution in [3.05, 3.63) is 34.7 Å². The van der Waals surface area contributed by atoms with Crippen LogP contribution in [0.15, 0.2) is 34.7 Å². The smallest absolute Gasteiger partial charge is 0.404 e. The van der Waals surface area contributed by atoms with Crippen molar-refractivity contribution in [1.29, 1.82) is 0 Å². The van der Waals surface area contributed by atoms with Gasteiger partial charge in [0, 0.05) is 81.5 Å². The predicted molar refractivity (Wildman–Crippen MR) is 257 cm³/mol. The first-order valence-electron chi connectivity index (χ1n) is 24.4. The van der Waals surface area contributed by atoms with Crippen molar-refractivity contribution in [2.45, 2.75) is 102 Å². The van der Waals surface area contributed by atoms with Gasteiger partial charge in [0.25, 0.3) is 11.8 Å². The third-order valence-corrected chi connectivity index (χ3v) is 12.9. The Morgan fingerprint density at radius 2 is 1.41 bits per heavy atom. The third-order valence-electron chi connectivity index (χ3n) is 12.9. The highest BCUT2D eigenvalue weighted by Crippen LogP contribution is 2.55. The van der Waals surface area contributed by atoms with Crippen LogP contribution < -0.4 is 48.7 Å². The molecule has 5 rings (SSSR count). The molecule has 2 fully saturated rings. The van der Waals surface area contributed by atoms with Gasteiger partial charge in [0.1, 0.15) is 24.7 Å². The molecule has 4 aliphatic heterocycles. The molecule has 0 aromatic rings. The van der Waals surface area contributed by atoms with Crippen LogP contribution in [0.4, 0.5) is 4.79 Å². The maximum absolute atomic E-state index is 14.4. The maximum Gasteiger partial charge on any atom is 0.404 e. The van der Waals surface area contributed by atoms with E-state index in [4.69, 9.17) is 35.2 Å². The van der Waals surface area contributed by atoms with Crippen molar-refractivity contribution in [1.82, 2.24) is 47.0 Å². The van der Waals surface area contributed by atoms with Crippen molar-refractivity contribution >= 4 is 64.9 Å². The van der Waals surface area contributed by atoms with Gasteiger partial charge in [-0.3, -0.25) is 52.8 Å². The Labute approximate surface area is 427 Å². The minimum atomic E-state index is -1.48. The van der Waals surface area contributed by atoms with Crippen molar-refractivity contribution in [2.24, 2.45) is 23.3 Å². The zero-order valence-electron chi connectivity index (χ0n) is 42.5. The van der Waals surface area contributed by atoms with E-state index in [1.54, 1.807) is 4.90 Å². The van der Waals surface area contributed by atoms with Crippen LogP contribution in [0.5, 0.6) is 0 Å². The Morgan fingerprint density at radius 1 is 0.784 bits per heavy atom. The molecule has 8 atom stereocenters. The predicted octanol–water partition coefficient (Wildman–Crippen LogP) is -4.25. The number of nitrogens with two attached hydrogens (primary N) is 2. The summed E-state index contributed by atoms with van der Waals surface area (Å²) in [4.78, 5) is 143. The SMILES string of the molecule is CO[C@@]12[C@@H]3N[C@@H]3CN1C1=C(C(=O)C(NCC(CC(C)C)NC(=O)[C@@H](CC(N)=O)NC(=O)[C@@H](C)NC(=O)[C@@H](C)NC(=O)CCOCCOCCOCCNC(=O)CCN3C(=O)C=CC3=O)=C(C)C1=O)[C@@H]2COC(N)=O. The molecule has 408 valence electrons. The number of hydrogen-bond acceptors (Lipinski definition) is 19. The molecule has 0 aromatic heterocycles. The zero-order valence-corrected chi connectivity index (χ0v) is 42.5. The summed E-state index contributed by atoms with van der Waals surface area (Å²) < 4.78 is 27.5. The number of piperazine rings is 1. The average Bonchev–Trinajstić information content (AvgIpc) is 3.81. The lowest BCUT2D eigenvalue weighted by atomic mass is 9.82. The number of carbonyl (C=O) groups excluding carboxylic acids is 11. The van der Waals surface area contributed by atoms with E-state index >= 15 is 0 Å². The van der Waals surface area contributed by atoms with Gasteiger partial charge in [-0.2, -0.15) is 0 Å². The standard InChI is InChI=1S/C47H69N11O16/c1-24(2)19-28(21-51-38-25(3)40(64)39-37(41(38)65)29(23-74-46(49)69)47(70-6)42-31(55-42)22-58(39)47)54-45(68)30(20-32(48)59)56-44(67)27(5)53-43(66)26(4)52-34(61)10-13-71-15-17-73-18-16-72-14-11-50-33(60)9-12-57-35(62)7-8-36(57)63/h7-8,24,26-31,42,51,55H,9-23H2,1-6H3,(H2,48,59)(H2,49,69)(H,50,60)(H,52,61)(H,53,66)(H,54,68)(H,56,67)/t26-,27-,28?,29+,30-,31-,42-,47+/m1/s1. The summed E-state index contributed by atoms with van der Waals surface area (Å²) in [6, 6.07) is -4.76. The number of nitrogens with one attached hydrogen (secondary N) is 7. The first-order valence-corrected chi connectivity index (χ1v) is 24.4. The van der Waals surface area contributed by atoms with Crippen molar-refractivity contribution in [2.75, 3.05) is 79.5 Å². The molecule has 0 aromatic carbocycles. The number of fused-ring (bicyclic) bond motifs is 4. The van der Waals surface area contributed by atoms with Crippen LogP contribution >= 0.6 is 0 Å². The Bertz CT molecular complexity index is 2290. The van der Waals surface area contributed by atoms with E-state index in [0.717, 1.165) is 17.1 Å². The summed E-state index contributed by atoms with van der Waals surface area (Å²) >= 11 is 0. The molecular weight excluding hydrogens is 975 g/mol. The minimum absolute atomic E-state index is 0.00356. The highest BCUT2D eigenvalue weighted by molar-refractivity contribution is 6.25. The molecule has 0 spiro atoms. The molecule has 1 unspecified atom stereocenters. The molecule has 11 N–H and O–H groups in total. The lowest BCUT2D eigenvalue weighted by Crippen LogP contribution is -2.57. The molecule has 27 nitrogen and oxygen atoms in total. The normalized spacial score (nSPS) is 22.2. The van der Waals surface area contributed by atoms with Crippen LogP contribution in [0, 0.1) is 11.8 Å². The lowest BCUT2D eigenvalue weighted by Gasteiger charge is -2.39. The Balaban J connectivity index is 1.01. The van der Waals surface area contributed by atoms with Gasteiger partial charge >= 0.3 is 6.09 Å². The number of allylic oxidation sites excluding steroid dienone is 2. The highest BCUT2D eigenvalue weighted by Gasteiger charge is 2.72. The van der Waals surface area contributed by atoms with Gasteiger partial charge in [-0.1, -0.05) is 13.8 Å². The Kier molecular flexibility index (Phi) is 20.7. The second-order valence-electron chi connectivity index (χ2n) is 18.7. The topological polar surface area (TPSA) is 387 Å². The third kappa shape index (κ3) is 14.7. The number of rotatable bonds is 32. The summed E-state index contributed by atoms with van der Waals surface area (Å²) in [6.45, 7) is 9.35. The molecule has 74 heavy (non-hydrogen) atoms. The number of nitrogens with zero attached hydrogens (tertiary/aromatic N) is 2. The second-order valence-corrected chi connectivity index (χ2v) is 18.7. The van der Waals surface area contributed by atoms with Crippen molar-refractivity contribution in [3.8, 4) is 0 Å². The molecule has 27 heteroatoms. The Hall–Kier alpha value is -6.81. The van der Waals surface area contributed by atoms with Gasteiger partial charge in [-0.05, 0) is 33.1 Å². The van der Waals surface area contributed by atoms with E-state index in [0.29, 0.717) is 13.0 Å². The van der Waals surface area contributed by atoms with Crippen LogP contribution in [-0.4, -0.2) is 196 Å². The molecule has 9 amide bonds. The number of hydrogen-bond donors (Lipinski definition) is 9. The van der Waals surface area contributed by atoms with Gasteiger partial charge < -0.3 is 77.3 Å². The monoisotopic (exact) mass is 1040 g/mol. The van der Waals surface area contributed by atoms with Crippen LogP contribution in [0.25, 0.3) is 0 Å². The molecule has 4 heterocycles. The number of primary amides is 2.